The van der Waals surface area contributed by atoms with Crippen molar-refractivity contribution in [2.45, 2.75) is 33.6 Å². The highest BCUT2D eigenvalue weighted by Crippen LogP contribution is 2.22. The molecule has 0 spiro atoms. The monoisotopic (exact) mass is 201 g/mol. The minimum Gasteiger partial charge on any atom is -0.303 e. The largest absolute Gasteiger partial charge is 0.303 e. The molecule has 0 rings (SSSR count). The molecule has 4 nitrogen and oxygen atoms in total. The van der Waals surface area contributed by atoms with Gasteiger partial charge in [-0.1, -0.05) is 20.8 Å². The highest BCUT2D eigenvalue weighted by atomic mass is 16.6. The highest BCUT2D eigenvalue weighted by Gasteiger charge is 2.25. The predicted octanol–water partition coefficient (Wildman–Crippen LogP) is 2.15. The normalized spacial score (nSPS) is 15.1. The molecule has 82 valence electrons. The van der Waals surface area contributed by atoms with E-state index in [1.807, 2.05) is 20.8 Å². The van der Waals surface area contributed by atoms with Gasteiger partial charge in [-0.05, 0) is 18.8 Å². The molecular formula is C10H19NO3. The molecule has 0 radical (unpaired) electrons. The summed E-state index contributed by atoms with van der Waals surface area (Å²) >= 11 is 0. The second kappa shape index (κ2) is 6.51. The molecule has 0 aliphatic rings. The molecule has 0 aliphatic heterocycles. The maximum absolute atomic E-state index is 10.7. The van der Waals surface area contributed by atoms with Crippen molar-refractivity contribution in [3.05, 3.63) is 10.1 Å². The van der Waals surface area contributed by atoms with E-state index in [-0.39, 0.29) is 23.3 Å². The minimum absolute atomic E-state index is 0.0879. The average molecular weight is 201 g/mol. The van der Waals surface area contributed by atoms with Gasteiger partial charge in [-0.2, -0.15) is 0 Å². The van der Waals surface area contributed by atoms with Crippen LogP contribution in [0.2, 0.25) is 0 Å². The maximum atomic E-state index is 10.7. The van der Waals surface area contributed by atoms with E-state index < -0.39 is 0 Å². The standard InChI is InChI=1S/C10H19NO3/c1-4-9(7-12)10(5-8(2)3)6-11(13)14/h7-10H,4-6H2,1-3H3/t9-,10?/m1/s1. The van der Waals surface area contributed by atoms with Gasteiger partial charge in [0, 0.05) is 16.8 Å². The lowest BCUT2D eigenvalue weighted by molar-refractivity contribution is -0.489. The number of hydrogen-bond donors (Lipinski definition) is 0. The molecule has 2 atom stereocenters. The highest BCUT2D eigenvalue weighted by molar-refractivity contribution is 5.53. The van der Waals surface area contributed by atoms with Gasteiger partial charge in [-0.25, -0.2) is 0 Å². The van der Waals surface area contributed by atoms with Crippen molar-refractivity contribution in [1.29, 1.82) is 0 Å². The Morgan fingerprint density at radius 1 is 1.43 bits per heavy atom. The summed E-state index contributed by atoms with van der Waals surface area (Å²) in [5.74, 6) is 0.129. The van der Waals surface area contributed by atoms with Crippen molar-refractivity contribution in [2.75, 3.05) is 6.54 Å². The maximum Gasteiger partial charge on any atom is 0.207 e. The van der Waals surface area contributed by atoms with Crippen molar-refractivity contribution >= 4 is 6.29 Å². The van der Waals surface area contributed by atoms with Crippen LogP contribution in [0.3, 0.4) is 0 Å². The summed E-state index contributed by atoms with van der Waals surface area (Å²) in [6, 6.07) is 0. The molecule has 0 bridgehead atoms. The summed E-state index contributed by atoms with van der Waals surface area (Å²) in [7, 11) is 0. The van der Waals surface area contributed by atoms with Gasteiger partial charge in [0.25, 0.3) is 0 Å². The molecule has 0 N–H and O–H groups in total. The average Bonchev–Trinajstić information content (AvgIpc) is 2.03. The third-order valence-corrected chi connectivity index (χ3v) is 2.41. The summed E-state index contributed by atoms with van der Waals surface area (Å²) in [6.07, 6.45) is 2.30. The first-order valence-corrected chi connectivity index (χ1v) is 5.08. The zero-order chi connectivity index (χ0) is 11.1. The molecule has 1 unspecified atom stereocenters. The van der Waals surface area contributed by atoms with Gasteiger partial charge < -0.3 is 4.79 Å². The molecule has 0 heterocycles. The van der Waals surface area contributed by atoms with E-state index in [1.165, 1.54) is 0 Å². The molecule has 14 heavy (non-hydrogen) atoms. The van der Waals surface area contributed by atoms with E-state index in [2.05, 4.69) is 0 Å². The Balaban J connectivity index is 4.35. The number of hydrogen-bond acceptors (Lipinski definition) is 3. The number of nitro groups is 1. The van der Waals surface area contributed by atoms with Crippen molar-refractivity contribution in [2.24, 2.45) is 17.8 Å². The van der Waals surface area contributed by atoms with E-state index in [1.54, 1.807) is 0 Å². The van der Waals surface area contributed by atoms with Crippen LogP contribution < -0.4 is 0 Å². The second-order valence-electron chi connectivity index (χ2n) is 4.11. The van der Waals surface area contributed by atoms with Crippen molar-refractivity contribution in [1.82, 2.24) is 0 Å². The van der Waals surface area contributed by atoms with E-state index in [0.717, 1.165) is 12.7 Å². The summed E-state index contributed by atoms with van der Waals surface area (Å²) < 4.78 is 0. The van der Waals surface area contributed by atoms with Crippen LogP contribution in [0.15, 0.2) is 0 Å². The quantitative estimate of drug-likeness (QED) is 0.360. The van der Waals surface area contributed by atoms with Crippen molar-refractivity contribution in [3.63, 3.8) is 0 Å². The molecule has 0 amide bonds. The third-order valence-electron chi connectivity index (χ3n) is 2.41. The predicted molar refractivity (Wildman–Crippen MR) is 54.7 cm³/mol. The molecule has 0 aromatic heterocycles. The molecule has 0 fully saturated rings. The Morgan fingerprint density at radius 2 is 2.00 bits per heavy atom. The molecular weight excluding hydrogens is 182 g/mol. The number of nitrogens with zero attached hydrogens (tertiary/aromatic N) is 1. The van der Waals surface area contributed by atoms with E-state index in [0.29, 0.717) is 12.3 Å². The number of carbonyl (C=O) groups excluding carboxylic acids is 1. The van der Waals surface area contributed by atoms with Gasteiger partial charge in [0.1, 0.15) is 6.29 Å². The van der Waals surface area contributed by atoms with Crippen molar-refractivity contribution < 1.29 is 9.72 Å². The fourth-order valence-corrected chi connectivity index (χ4v) is 1.72. The Bertz CT molecular complexity index is 192. The SMILES string of the molecule is CC[C@H](C=O)C(CC(C)C)C[N+](=O)[O-]. The second-order valence-corrected chi connectivity index (χ2v) is 4.11. The van der Waals surface area contributed by atoms with E-state index in [4.69, 9.17) is 0 Å². The van der Waals surface area contributed by atoms with Gasteiger partial charge in [0.15, 0.2) is 0 Å². The fourth-order valence-electron chi connectivity index (χ4n) is 1.72. The molecule has 0 aliphatic carbocycles. The lowest BCUT2D eigenvalue weighted by atomic mass is 9.85. The zero-order valence-corrected chi connectivity index (χ0v) is 9.10. The van der Waals surface area contributed by atoms with Gasteiger partial charge in [-0.3, -0.25) is 10.1 Å². The van der Waals surface area contributed by atoms with Crippen LogP contribution in [0.5, 0.6) is 0 Å². The van der Waals surface area contributed by atoms with Crippen LogP contribution in [-0.2, 0) is 4.79 Å². The fraction of sp³-hybridized carbons (Fsp3) is 0.900. The molecule has 0 aromatic carbocycles. The minimum atomic E-state index is -0.320. The van der Waals surface area contributed by atoms with Gasteiger partial charge in [0.05, 0.1) is 0 Å². The Hall–Kier alpha value is -0.930. The van der Waals surface area contributed by atoms with Crippen LogP contribution >= 0.6 is 0 Å². The van der Waals surface area contributed by atoms with Gasteiger partial charge in [0.2, 0.25) is 6.54 Å². The van der Waals surface area contributed by atoms with Crippen molar-refractivity contribution in [3.8, 4) is 0 Å². The Labute approximate surface area is 84.8 Å². The summed E-state index contributed by atoms with van der Waals surface area (Å²) in [6.45, 7) is 5.84. The summed E-state index contributed by atoms with van der Waals surface area (Å²) in [4.78, 5) is 20.8. The summed E-state index contributed by atoms with van der Waals surface area (Å²) in [5.41, 5.74) is 0. The van der Waals surface area contributed by atoms with E-state index in [9.17, 15) is 14.9 Å². The van der Waals surface area contributed by atoms with E-state index >= 15 is 0 Å². The lowest BCUT2D eigenvalue weighted by Crippen LogP contribution is -2.25. The first kappa shape index (κ1) is 13.1. The number of aldehydes is 1. The van der Waals surface area contributed by atoms with Crippen LogP contribution in [0.1, 0.15) is 33.6 Å². The number of carbonyl (C=O) groups is 1. The lowest BCUT2D eigenvalue weighted by Gasteiger charge is -2.19. The molecule has 4 heteroatoms. The topological polar surface area (TPSA) is 60.2 Å². The molecule has 0 aromatic rings. The zero-order valence-electron chi connectivity index (χ0n) is 9.10. The Morgan fingerprint density at radius 3 is 2.29 bits per heavy atom. The smallest absolute Gasteiger partial charge is 0.207 e. The van der Waals surface area contributed by atoms with Crippen LogP contribution in [0.25, 0.3) is 0 Å². The van der Waals surface area contributed by atoms with Crippen LogP contribution in [0, 0.1) is 27.9 Å². The van der Waals surface area contributed by atoms with Gasteiger partial charge >= 0.3 is 0 Å². The first-order chi connectivity index (χ1) is 6.51. The molecule has 0 saturated heterocycles. The number of rotatable bonds is 7. The van der Waals surface area contributed by atoms with Gasteiger partial charge in [-0.15, -0.1) is 0 Å². The Kier molecular flexibility index (Phi) is 6.08. The third kappa shape index (κ3) is 4.94. The molecule has 0 saturated carbocycles. The summed E-state index contributed by atoms with van der Waals surface area (Å²) in [5, 5.41) is 10.4. The van der Waals surface area contributed by atoms with Crippen LogP contribution in [0.4, 0.5) is 0 Å². The first-order valence-electron chi connectivity index (χ1n) is 5.08. The van der Waals surface area contributed by atoms with Crippen LogP contribution in [-0.4, -0.2) is 17.8 Å².